The van der Waals surface area contributed by atoms with Crippen LogP contribution in [0, 0.1) is 5.41 Å². The average molecular weight is 320 g/mol. The number of pyridine rings is 1. The molecule has 7 heteroatoms. The van der Waals surface area contributed by atoms with E-state index in [9.17, 15) is 4.79 Å². The second-order valence-electron chi connectivity index (χ2n) is 5.42. The predicted molar refractivity (Wildman–Crippen MR) is 80.2 cm³/mol. The molecule has 0 aliphatic heterocycles. The van der Waals surface area contributed by atoms with E-state index >= 15 is 0 Å². The molecule has 1 amide bonds. The molecule has 0 unspecified atom stereocenters. The van der Waals surface area contributed by atoms with Gasteiger partial charge in [-0.05, 0) is 11.5 Å². The third kappa shape index (κ3) is 5.15. The van der Waals surface area contributed by atoms with Gasteiger partial charge in [0, 0.05) is 6.20 Å². The quantitative estimate of drug-likeness (QED) is 0.816. The van der Waals surface area contributed by atoms with Crippen molar-refractivity contribution >= 4 is 29.1 Å². The molecule has 0 saturated carbocycles. The number of nitrogens with one attached hydrogen (secondary N) is 1. The Morgan fingerprint density at radius 2 is 2.15 bits per heavy atom. The highest BCUT2D eigenvalue weighted by molar-refractivity contribution is 6.35. The van der Waals surface area contributed by atoms with Gasteiger partial charge in [-0.1, -0.05) is 44.0 Å². The molecule has 3 N–H and O–H groups in total. The number of nitrogens with zero attached hydrogens (tertiary/aromatic N) is 1. The maximum atomic E-state index is 11.8. The number of rotatable bonds is 5. The highest BCUT2D eigenvalue weighted by Crippen LogP contribution is 2.24. The summed E-state index contributed by atoms with van der Waals surface area (Å²) < 4.78 is 5.35. The molecule has 0 saturated heterocycles. The van der Waals surface area contributed by atoms with Gasteiger partial charge in [-0.3, -0.25) is 4.79 Å². The number of hydrogen-bond acceptors (Lipinski definition) is 4. The second kappa shape index (κ2) is 7.11. The van der Waals surface area contributed by atoms with Crippen LogP contribution >= 0.6 is 23.2 Å². The first-order chi connectivity index (χ1) is 9.21. The number of aromatic nitrogens is 1. The summed E-state index contributed by atoms with van der Waals surface area (Å²) in [6.45, 7) is 6.29. The monoisotopic (exact) mass is 319 g/mol. The lowest BCUT2D eigenvalue weighted by Crippen LogP contribution is -2.49. The number of carbonyl (C=O) groups is 1. The lowest BCUT2D eigenvalue weighted by molar-refractivity contribution is -0.124. The standard InChI is InChI=1S/C13H19Cl2N3O2/c1-13(2,3)10(16)11(19)17-4-5-20-12-9(15)6-8(14)7-18-12/h6-7,10H,4-5,16H2,1-3H3,(H,17,19)/t10-/m1/s1. The number of nitrogens with two attached hydrogens (primary N) is 1. The first-order valence-corrected chi connectivity index (χ1v) is 6.94. The Labute approximate surface area is 128 Å². The van der Waals surface area contributed by atoms with Gasteiger partial charge in [0.2, 0.25) is 11.8 Å². The highest BCUT2D eigenvalue weighted by atomic mass is 35.5. The second-order valence-corrected chi connectivity index (χ2v) is 6.27. The van der Waals surface area contributed by atoms with Gasteiger partial charge < -0.3 is 15.8 Å². The molecule has 0 bridgehead atoms. The van der Waals surface area contributed by atoms with Crippen molar-refractivity contribution < 1.29 is 9.53 Å². The molecule has 0 spiro atoms. The van der Waals surface area contributed by atoms with Crippen molar-refractivity contribution in [2.75, 3.05) is 13.2 Å². The fourth-order valence-corrected chi connectivity index (χ4v) is 1.77. The van der Waals surface area contributed by atoms with E-state index in [2.05, 4.69) is 10.3 Å². The molecule has 112 valence electrons. The van der Waals surface area contributed by atoms with Gasteiger partial charge in [-0.25, -0.2) is 4.98 Å². The number of carbonyl (C=O) groups excluding carboxylic acids is 1. The molecule has 0 radical (unpaired) electrons. The van der Waals surface area contributed by atoms with Gasteiger partial charge in [-0.15, -0.1) is 0 Å². The fraction of sp³-hybridized carbons (Fsp3) is 0.538. The van der Waals surface area contributed by atoms with Crippen LogP contribution in [0.15, 0.2) is 12.3 Å². The van der Waals surface area contributed by atoms with Crippen LogP contribution in [0.4, 0.5) is 0 Å². The molecule has 1 atom stereocenters. The van der Waals surface area contributed by atoms with E-state index in [1.165, 1.54) is 6.20 Å². The van der Waals surface area contributed by atoms with Gasteiger partial charge in [0.05, 0.1) is 17.6 Å². The molecule has 0 aliphatic carbocycles. The number of ether oxygens (including phenoxy) is 1. The van der Waals surface area contributed by atoms with Crippen molar-refractivity contribution in [3.8, 4) is 5.88 Å². The SMILES string of the molecule is CC(C)(C)[C@H](N)C(=O)NCCOc1ncc(Cl)cc1Cl. The van der Waals surface area contributed by atoms with Gasteiger partial charge in [0.1, 0.15) is 11.6 Å². The molecule has 1 heterocycles. The minimum Gasteiger partial charge on any atom is -0.475 e. The summed E-state index contributed by atoms with van der Waals surface area (Å²) in [5.41, 5.74) is 5.54. The van der Waals surface area contributed by atoms with Crippen LogP contribution in [0.25, 0.3) is 0 Å². The van der Waals surface area contributed by atoms with E-state index in [1.807, 2.05) is 20.8 Å². The van der Waals surface area contributed by atoms with Gasteiger partial charge in [0.25, 0.3) is 0 Å². The van der Waals surface area contributed by atoms with E-state index in [0.717, 1.165) is 0 Å². The first kappa shape index (κ1) is 17.0. The molecule has 1 aromatic rings. The first-order valence-electron chi connectivity index (χ1n) is 6.19. The molecule has 0 aliphatic rings. The summed E-state index contributed by atoms with van der Waals surface area (Å²) >= 11 is 11.6. The van der Waals surface area contributed by atoms with Crippen LogP contribution in [-0.4, -0.2) is 30.1 Å². The van der Waals surface area contributed by atoms with E-state index in [4.69, 9.17) is 33.7 Å². The number of hydrogen-bond donors (Lipinski definition) is 2. The predicted octanol–water partition coefficient (Wildman–Crippen LogP) is 2.26. The zero-order chi connectivity index (χ0) is 15.3. The van der Waals surface area contributed by atoms with Crippen LogP contribution in [0.3, 0.4) is 0 Å². The topological polar surface area (TPSA) is 77.2 Å². The Balaban J connectivity index is 2.37. The van der Waals surface area contributed by atoms with Crippen LogP contribution in [0.5, 0.6) is 5.88 Å². The number of amides is 1. The zero-order valence-electron chi connectivity index (χ0n) is 11.7. The van der Waals surface area contributed by atoms with E-state index < -0.39 is 6.04 Å². The van der Waals surface area contributed by atoms with Crippen LogP contribution in [-0.2, 0) is 4.79 Å². The Bertz CT molecular complexity index is 475. The summed E-state index contributed by atoms with van der Waals surface area (Å²) in [6.07, 6.45) is 1.44. The average Bonchev–Trinajstić information content (AvgIpc) is 2.34. The third-order valence-corrected chi connectivity index (χ3v) is 3.11. The highest BCUT2D eigenvalue weighted by Gasteiger charge is 2.26. The Kier molecular flexibility index (Phi) is 6.05. The number of halogens is 2. The molecular weight excluding hydrogens is 301 g/mol. The third-order valence-electron chi connectivity index (χ3n) is 2.63. The lowest BCUT2D eigenvalue weighted by atomic mass is 9.87. The molecule has 1 rings (SSSR count). The molecule has 0 fully saturated rings. The minimum atomic E-state index is -0.570. The van der Waals surface area contributed by atoms with Crippen molar-refractivity contribution in [2.24, 2.45) is 11.1 Å². The smallest absolute Gasteiger partial charge is 0.237 e. The normalized spacial score (nSPS) is 12.9. The molecular formula is C13H19Cl2N3O2. The molecule has 20 heavy (non-hydrogen) atoms. The Morgan fingerprint density at radius 1 is 1.50 bits per heavy atom. The summed E-state index contributed by atoms with van der Waals surface area (Å²) in [7, 11) is 0. The summed E-state index contributed by atoms with van der Waals surface area (Å²) in [6, 6.07) is 0.972. The summed E-state index contributed by atoms with van der Waals surface area (Å²) in [4.78, 5) is 15.7. The van der Waals surface area contributed by atoms with Gasteiger partial charge >= 0.3 is 0 Å². The van der Waals surface area contributed by atoms with Crippen molar-refractivity contribution in [1.29, 1.82) is 0 Å². The lowest BCUT2D eigenvalue weighted by Gasteiger charge is -2.25. The van der Waals surface area contributed by atoms with Gasteiger partial charge in [0.15, 0.2) is 0 Å². The van der Waals surface area contributed by atoms with Crippen LogP contribution < -0.4 is 15.8 Å². The minimum absolute atomic E-state index is 0.212. The molecule has 5 nitrogen and oxygen atoms in total. The molecule has 0 aromatic carbocycles. The van der Waals surface area contributed by atoms with Crippen molar-refractivity contribution in [3.63, 3.8) is 0 Å². The molecule has 1 aromatic heterocycles. The van der Waals surface area contributed by atoms with E-state index in [-0.39, 0.29) is 23.8 Å². The van der Waals surface area contributed by atoms with Crippen LogP contribution in [0.2, 0.25) is 10.0 Å². The summed E-state index contributed by atoms with van der Waals surface area (Å²) in [5, 5.41) is 3.47. The summed E-state index contributed by atoms with van der Waals surface area (Å²) in [5.74, 6) is 0.0710. The Hall–Kier alpha value is -1.04. The van der Waals surface area contributed by atoms with Crippen LogP contribution in [0.1, 0.15) is 20.8 Å². The maximum absolute atomic E-state index is 11.8. The van der Waals surface area contributed by atoms with Crippen molar-refractivity contribution in [1.82, 2.24) is 10.3 Å². The fourth-order valence-electron chi connectivity index (χ4n) is 1.33. The van der Waals surface area contributed by atoms with Gasteiger partial charge in [-0.2, -0.15) is 0 Å². The Morgan fingerprint density at radius 3 is 2.70 bits per heavy atom. The van der Waals surface area contributed by atoms with E-state index in [0.29, 0.717) is 16.6 Å². The largest absolute Gasteiger partial charge is 0.475 e. The van der Waals surface area contributed by atoms with Crippen molar-refractivity contribution in [3.05, 3.63) is 22.3 Å². The van der Waals surface area contributed by atoms with Crippen molar-refractivity contribution in [2.45, 2.75) is 26.8 Å². The zero-order valence-corrected chi connectivity index (χ0v) is 13.3. The maximum Gasteiger partial charge on any atom is 0.237 e. The van der Waals surface area contributed by atoms with E-state index in [1.54, 1.807) is 6.07 Å².